The van der Waals surface area contributed by atoms with Crippen molar-refractivity contribution >= 4 is 50.5 Å². The van der Waals surface area contributed by atoms with Crippen LogP contribution in [0.4, 0.5) is 10.1 Å². The lowest BCUT2D eigenvalue weighted by Crippen LogP contribution is -2.36. The molecule has 40 heavy (non-hydrogen) atoms. The number of thiophene rings is 1. The molecule has 1 aromatic heterocycles. The summed E-state index contributed by atoms with van der Waals surface area (Å²) in [5, 5.41) is 1.34. The molecule has 0 saturated heterocycles. The average molecular weight is 577 g/mol. The first-order valence-electron chi connectivity index (χ1n) is 13.8. The van der Waals surface area contributed by atoms with Crippen molar-refractivity contribution in [2.24, 2.45) is 11.8 Å². The van der Waals surface area contributed by atoms with Crippen LogP contribution in [0.25, 0.3) is 21.2 Å². The highest BCUT2D eigenvalue weighted by molar-refractivity contribution is 7.21. The van der Waals surface area contributed by atoms with E-state index in [-0.39, 0.29) is 24.2 Å². The molecule has 2 amide bonds. The molecule has 1 heterocycles. The van der Waals surface area contributed by atoms with Crippen LogP contribution >= 0.6 is 22.9 Å². The largest absolute Gasteiger partial charge is 0.333 e. The molecule has 1 aliphatic carbocycles. The van der Waals surface area contributed by atoms with Gasteiger partial charge >= 0.3 is 0 Å². The van der Waals surface area contributed by atoms with E-state index in [9.17, 15) is 9.59 Å². The van der Waals surface area contributed by atoms with Gasteiger partial charge in [0.05, 0.1) is 5.02 Å². The van der Waals surface area contributed by atoms with Gasteiger partial charge in [0.15, 0.2) is 0 Å². The summed E-state index contributed by atoms with van der Waals surface area (Å²) in [7, 11) is 1.73. The Labute approximate surface area is 244 Å². The molecule has 4 nitrogen and oxygen atoms in total. The summed E-state index contributed by atoms with van der Waals surface area (Å²) in [6.45, 7) is 4.54. The molecule has 4 aromatic rings. The second-order valence-corrected chi connectivity index (χ2v) is 12.4. The summed E-state index contributed by atoms with van der Waals surface area (Å²) in [5.74, 6) is 0.548. The van der Waals surface area contributed by atoms with Crippen molar-refractivity contribution < 1.29 is 14.0 Å². The molecule has 0 radical (unpaired) electrons. The summed E-state index contributed by atoms with van der Waals surface area (Å²) in [6, 6.07) is 20.4. The molecule has 5 rings (SSSR count). The van der Waals surface area contributed by atoms with Crippen LogP contribution < -0.4 is 4.90 Å². The number of rotatable bonds is 7. The van der Waals surface area contributed by atoms with E-state index in [1.54, 1.807) is 22.9 Å². The van der Waals surface area contributed by atoms with Gasteiger partial charge in [-0.25, -0.2) is 4.39 Å². The molecule has 0 bridgehead atoms. The Morgan fingerprint density at radius 2 is 1.65 bits per heavy atom. The first-order valence-corrected chi connectivity index (χ1v) is 15.0. The number of halogens is 2. The normalized spacial score (nSPS) is 17.1. The Balaban J connectivity index is 1.45. The van der Waals surface area contributed by atoms with Gasteiger partial charge < -0.3 is 9.80 Å². The lowest BCUT2D eigenvalue weighted by atomic mass is 9.82. The number of carbonyl (C=O) groups is 2. The molecule has 208 valence electrons. The second kappa shape index (κ2) is 12.1. The number of fused-ring (bicyclic) bond motifs is 1. The van der Waals surface area contributed by atoms with Crippen LogP contribution in [0.2, 0.25) is 5.02 Å². The summed E-state index contributed by atoms with van der Waals surface area (Å²) in [4.78, 5) is 29.6. The highest BCUT2D eigenvalue weighted by atomic mass is 35.5. The van der Waals surface area contributed by atoms with E-state index in [2.05, 4.69) is 6.92 Å². The van der Waals surface area contributed by atoms with Gasteiger partial charge in [0.25, 0.3) is 5.91 Å². The van der Waals surface area contributed by atoms with Crippen LogP contribution in [0.15, 0.2) is 66.7 Å². The fourth-order valence-electron chi connectivity index (χ4n) is 5.48. The summed E-state index contributed by atoms with van der Waals surface area (Å²) < 4.78 is 16.2. The van der Waals surface area contributed by atoms with Gasteiger partial charge in [0.2, 0.25) is 5.91 Å². The van der Waals surface area contributed by atoms with Crippen molar-refractivity contribution in [3.8, 4) is 11.1 Å². The zero-order valence-electron chi connectivity index (χ0n) is 23.1. The molecule has 0 unspecified atom stereocenters. The molecule has 7 heteroatoms. The Hall–Kier alpha value is -3.22. The van der Waals surface area contributed by atoms with Crippen LogP contribution in [-0.4, -0.2) is 30.3 Å². The van der Waals surface area contributed by atoms with Crippen LogP contribution in [0.1, 0.15) is 54.8 Å². The third-order valence-electron chi connectivity index (χ3n) is 8.10. The molecule has 3 aromatic carbocycles. The van der Waals surface area contributed by atoms with Crippen molar-refractivity contribution in [2.75, 3.05) is 18.5 Å². The standard InChI is InChI=1S/C33H34ClFN2O2S/c1-21-8-10-23(11-9-21)19-37(33(39)32-31(34)28-6-4-5-7-30(28)40-32)20-26-18-25(14-17-29(26)35)24-12-15-27(16-13-24)36(3)22(2)38/h4-7,12-18,21,23H,8-11,19-20H2,1-3H3. The van der Waals surface area contributed by atoms with Crippen LogP contribution in [0, 0.1) is 17.7 Å². The lowest BCUT2D eigenvalue weighted by Gasteiger charge is -2.32. The molecule has 0 N–H and O–H groups in total. The minimum absolute atomic E-state index is 0.0484. The van der Waals surface area contributed by atoms with Gasteiger partial charge in [-0.15, -0.1) is 11.3 Å². The summed E-state index contributed by atoms with van der Waals surface area (Å²) in [5.41, 5.74) is 3.02. The third-order valence-corrected chi connectivity index (χ3v) is 9.76. The number of nitrogens with zero attached hydrogens (tertiary/aromatic N) is 2. The van der Waals surface area contributed by atoms with Crippen molar-refractivity contribution in [3.63, 3.8) is 0 Å². The summed E-state index contributed by atoms with van der Waals surface area (Å²) >= 11 is 8.11. The fourth-order valence-corrected chi connectivity index (χ4v) is 6.96. The number of hydrogen-bond donors (Lipinski definition) is 0. The number of carbonyl (C=O) groups excluding carboxylic acids is 2. The highest BCUT2D eigenvalue weighted by Crippen LogP contribution is 2.37. The van der Waals surface area contributed by atoms with E-state index in [1.165, 1.54) is 24.3 Å². The second-order valence-electron chi connectivity index (χ2n) is 11.0. The first kappa shape index (κ1) is 28.3. The zero-order chi connectivity index (χ0) is 28.4. The van der Waals surface area contributed by atoms with Crippen molar-refractivity contribution in [3.05, 3.63) is 88.0 Å². The number of anilines is 1. The van der Waals surface area contributed by atoms with Crippen LogP contribution in [0.3, 0.4) is 0 Å². The monoisotopic (exact) mass is 576 g/mol. The third kappa shape index (κ3) is 6.08. The van der Waals surface area contributed by atoms with E-state index >= 15 is 4.39 Å². The van der Waals surface area contributed by atoms with Gasteiger partial charge in [0, 0.05) is 48.4 Å². The first-order chi connectivity index (χ1) is 19.2. The maximum Gasteiger partial charge on any atom is 0.265 e. The van der Waals surface area contributed by atoms with Crippen LogP contribution in [0.5, 0.6) is 0 Å². The van der Waals surface area contributed by atoms with E-state index in [0.29, 0.717) is 33.8 Å². The predicted octanol–water partition coefficient (Wildman–Crippen LogP) is 8.81. The molecule has 0 spiro atoms. The maximum absolute atomic E-state index is 15.2. The van der Waals surface area contributed by atoms with Gasteiger partial charge in [-0.05, 0) is 66.1 Å². The molecule has 1 aliphatic rings. The van der Waals surface area contributed by atoms with Crippen LogP contribution in [-0.2, 0) is 11.3 Å². The predicted molar refractivity (Wildman–Crippen MR) is 164 cm³/mol. The molecule has 0 atom stereocenters. The average Bonchev–Trinajstić information content (AvgIpc) is 3.30. The van der Waals surface area contributed by atoms with E-state index in [4.69, 9.17) is 11.6 Å². The van der Waals surface area contributed by atoms with Gasteiger partial charge in [-0.3, -0.25) is 9.59 Å². The van der Waals surface area contributed by atoms with Crippen molar-refractivity contribution in [1.29, 1.82) is 0 Å². The minimum atomic E-state index is -0.339. The number of amides is 2. The van der Waals surface area contributed by atoms with E-state index in [0.717, 1.165) is 52.6 Å². The quantitative estimate of drug-likeness (QED) is 0.220. The molecule has 1 saturated carbocycles. The Kier molecular flexibility index (Phi) is 8.57. The Bertz CT molecular complexity index is 1530. The fraction of sp³-hybridized carbons (Fsp3) is 0.333. The van der Waals surface area contributed by atoms with E-state index < -0.39 is 0 Å². The molecule has 0 aliphatic heterocycles. The molecular formula is C33H34ClFN2O2S. The minimum Gasteiger partial charge on any atom is -0.333 e. The van der Waals surface area contributed by atoms with Crippen molar-refractivity contribution in [1.82, 2.24) is 4.90 Å². The van der Waals surface area contributed by atoms with E-state index in [1.807, 2.05) is 54.6 Å². The number of hydrogen-bond acceptors (Lipinski definition) is 3. The molecule has 1 fully saturated rings. The summed E-state index contributed by atoms with van der Waals surface area (Å²) in [6.07, 6.45) is 4.42. The Morgan fingerprint density at radius 3 is 2.33 bits per heavy atom. The van der Waals surface area contributed by atoms with Gasteiger partial charge in [-0.1, -0.05) is 67.8 Å². The van der Waals surface area contributed by atoms with Crippen molar-refractivity contribution in [2.45, 2.75) is 46.1 Å². The topological polar surface area (TPSA) is 40.6 Å². The highest BCUT2D eigenvalue weighted by Gasteiger charge is 2.28. The SMILES string of the molecule is CC(=O)N(C)c1ccc(-c2ccc(F)c(CN(CC3CCC(C)CC3)C(=O)c3sc4ccccc4c3Cl)c2)cc1. The van der Waals surface area contributed by atoms with Gasteiger partial charge in [0.1, 0.15) is 10.7 Å². The molecular weight excluding hydrogens is 543 g/mol. The van der Waals surface area contributed by atoms with Gasteiger partial charge in [-0.2, -0.15) is 0 Å². The number of benzene rings is 3. The zero-order valence-corrected chi connectivity index (χ0v) is 24.7. The Morgan fingerprint density at radius 1 is 0.975 bits per heavy atom. The maximum atomic E-state index is 15.2. The lowest BCUT2D eigenvalue weighted by molar-refractivity contribution is -0.116. The smallest absolute Gasteiger partial charge is 0.265 e.